The molecule has 0 aliphatic carbocycles. The third kappa shape index (κ3) is 9.34. The molecular weight excluding hydrogens is 620 g/mol. The summed E-state index contributed by atoms with van der Waals surface area (Å²) in [4.78, 5) is 82.7. The Balaban J connectivity index is 1.67. The van der Waals surface area contributed by atoms with Crippen LogP contribution in [0.2, 0.25) is 0 Å². The summed E-state index contributed by atoms with van der Waals surface area (Å²) in [5.74, 6) is -2.68. The number of amides is 6. The van der Waals surface area contributed by atoms with Crippen LogP contribution >= 0.6 is 11.8 Å². The molecule has 2 aromatic rings. The highest BCUT2D eigenvalue weighted by molar-refractivity contribution is 7.98. The molecule has 0 bridgehead atoms. The number of nitrogens with one attached hydrogen (secondary N) is 5. The van der Waals surface area contributed by atoms with E-state index in [9.17, 15) is 28.8 Å². The Morgan fingerprint density at radius 2 is 1.55 bits per heavy atom. The molecule has 2 aliphatic rings. The third-order valence-electron chi connectivity index (χ3n) is 8.41. The largest absolute Gasteiger partial charge is 0.347 e. The number of nitrogens with zero attached hydrogens (tertiary/aromatic N) is 1. The van der Waals surface area contributed by atoms with E-state index in [2.05, 4.69) is 26.6 Å². The second-order valence-corrected chi connectivity index (χ2v) is 13.3. The number of hydrogen-bond donors (Lipinski definition) is 5. The molecule has 2 aliphatic heterocycles. The van der Waals surface area contributed by atoms with E-state index in [0.717, 1.165) is 0 Å². The standard InChI is InChI=1S/C34H44N6O6S/c1-20(2)29-34(46)40-19-24(36-31(43)23-13-9-6-10-14-23)17-27(40)33(45)35-21(3)30(42)38-26(22-11-7-5-8-12-22)18-28(41)37-25(15-16-47-4)32(44)39-29/h5-14,20-21,24-27,29H,15-19H2,1-4H3,(H,35,45)(H,36,43)(H,37,41)(H,38,42)(H,39,44)/t21-,24-,25-,26-,27-,29-/m0/s1. The number of benzene rings is 2. The second kappa shape index (κ2) is 16.4. The van der Waals surface area contributed by atoms with Crippen molar-refractivity contribution in [3.63, 3.8) is 0 Å². The molecule has 5 N–H and O–H groups in total. The lowest BCUT2D eigenvalue weighted by Crippen LogP contribution is -2.59. The molecule has 0 saturated carbocycles. The van der Waals surface area contributed by atoms with Crippen LogP contribution in [-0.2, 0) is 24.0 Å². The van der Waals surface area contributed by atoms with Crippen LogP contribution in [0.25, 0.3) is 0 Å². The number of rotatable bonds is 7. The van der Waals surface area contributed by atoms with Crippen molar-refractivity contribution in [2.24, 2.45) is 5.92 Å². The third-order valence-corrected chi connectivity index (χ3v) is 9.05. The van der Waals surface area contributed by atoms with Crippen molar-refractivity contribution in [2.45, 2.75) is 76.3 Å². The first-order valence-electron chi connectivity index (χ1n) is 15.9. The van der Waals surface area contributed by atoms with Crippen LogP contribution in [-0.4, -0.2) is 89.1 Å². The van der Waals surface area contributed by atoms with Gasteiger partial charge in [-0.3, -0.25) is 28.8 Å². The van der Waals surface area contributed by atoms with E-state index in [0.29, 0.717) is 23.3 Å². The summed E-state index contributed by atoms with van der Waals surface area (Å²) in [5.41, 5.74) is 1.12. The fraction of sp³-hybridized carbons (Fsp3) is 0.471. The van der Waals surface area contributed by atoms with Gasteiger partial charge in [0.2, 0.25) is 29.5 Å². The Bertz CT molecular complexity index is 1440. The van der Waals surface area contributed by atoms with Gasteiger partial charge in [0.05, 0.1) is 12.5 Å². The molecule has 0 aromatic heterocycles. The lowest BCUT2D eigenvalue weighted by Gasteiger charge is -2.32. The van der Waals surface area contributed by atoms with Gasteiger partial charge in [-0.25, -0.2) is 0 Å². The van der Waals surface area contributed by atoms with E-state index in [1.54, 1.807) is 68.4 Å². The minimum absolute atomic E-state index is 0.0257. The van der Waals surface area contributed by atoms with Gasteiger partial charge >= 0.3 is 0 Å². The van der Waals surface area contributed by atoms with Crippen molar-refractivity contribution in [3.05, 3.63) is 71.8 Å². The predicted octanol–water partition coefficient (Wildman–Crippen LogP) is 1.53. The maximum absolute atomic E-state index is 14.1. The Morgan fingerprint density at radius 1 is 0.894 bits per heavy atom. The first-order valence-corrected chi connectivity index (χ1v) is 17.3. The van der Waals surface area contributed by atoms with Gasteiger partial charge in [0.1, 0.15) is 24.2 Å². The lowest BCUT2D eigenvalue weighted by atomic mass is 10.0. The summed E-state index contributed by atoms with van der Waals surface area (Å²) in [7, 11) is 0. The maximum atomic E-state index is 14.1. The highest BCUT2D eigenvalue weighted by atomic mass is 32.2. The number of hydrogen-bond acceptors (Lipinski definition) is 7. The predicted molar refractivity (Wildman–Crippen MR) is 179 cm³/mol. The number of carbonyl (C=O) groups excluding carboxylic acids is 6. The highest BCUT2D eigenvalue weighted by Crippen LogP contribution is 2.23. The van der Waals surface area contributed by atoms with Gasteiger partial charge in [0.15, 0.2) is 0 Å². The Hall–Kier alpha value is -4.39. The zero-order valence-electron chi connectivity index (χ0n) is 27.2. The van der Waals surface area contributed by atoms with Crippen LogP contribution in [0.3, 0.4) is 0 Å². The molecule has 2 saturated heterocycles. The van der Waals surface area contributed by atoms with Gasteiger partial charge in [-0.15, -0.1) is 0 Å². The van der Waals surface area contributed by atoms with Crippen molar-refractivity contribution in [3.8, 4) is 0 Å². The normalized spacial score (nSPS) is 26.1. The van der Waals surface area contributed by atoms with E-state index in [1.165, 1.54) is 23.6 Å². The fourth-order valence-electron chi connectivity index (χ4n) is 5.79. The van der Waals surface area contributed by atoms with E-state index in [4.69, 9.17) is 0 Å². The van der Waals surface area contributed by atoms with Gasteiger partial charge in [-0.2, -0.15) is 11.8 Å². The molecule has 47 heavy (non-hydrogen) atoms. The van der Waals surface area contributed by atoms with Crippen molar-refractivity contribution >= 4 is 47.2 Å². The fourth-order valence-corrected chi connectivity index (χ4v) is 6.26. The zero-order valence-corrected chi connectivity index (χ0v) is 28.0. The quantitative estimate of drug-likeness (QED) is 0.300. The van der Waals surface area contributed by atoms with E-state index < -0.39 is 65.8 Å². The lowest BCUT2D eigenvalue weighted by molar-refractivity contribution is -0.143. The zero-order chi connectivity index (χ0) is 34.1. The van der Waals surface area contributed by atoms with Crippen LogP contribution in [0, 0.1) is 5.92 Å². The summed E-state index contributed by atoms with van der Waals surface area (Å²) in [6.07, 6.45) is 2.18. The van der Waals surface area contributed by atoms with Crippen molar-refractivity contribution < 1.29 is 28.8 Å². The first-order chi connectivity index (χ1) is 22.5. The highest BCUT2D eigenvalue weighted by Gasteiger charge is 2.44. The van der Waals surface area contributed by atoms with Crippen LogP contribution < -0.4 is 26.6 Å². The van der Waals surface area contributed by atoms with Crippen molar-refractivity contribution in [1.82, 2.24) is 31.5 Å². The Kier molecular flexibility index (Phi) is 12.4. The van der Waals surface area contributed by atoms with Crippen molar-refractivity contribution in [1.29, 1.82) is 0 Å². The van der Waals surface area contributed by atoms with E-state index in [1.807, 2.05) is 12.3 Å². The summed E-state index contributed by atoms with van der Waals surface area (Å²) >= 11 is 1.52. The molecule has 252 valence electrons. The molecule has 6 atom stereocenters. The summed E-state index contributed by atoms with van der Waals surface area (Å²) < 4.78 is 0. The smallest absolute Gasteiger partial charge is 0.251 e. The maximum Gasteiger partial charge on any atom is 0.251 e. The molecule has 6 amide bonds. The van der Waals surface area contributed by atoms with Gasteiger partial charge in [-0.1, -0.05) is 62.4 Å². The van der Waals surface area contributed by atoms with Crippen molar-refractivity contribution in [2.75, 3.05) is 18.6 Å². The molecule has 0 unspecified atom stereocenters. The van der Waals surface area contributed by atoms with Gasteiger partial charge in [0, 0.05) is 18.2 Å². The first kappa shape index (κ1) is 35.5. The summed E-state index contributed by atoms with van der Waals surface area (Å²) in [6.45, 7) is 5.13. The van der Waals surface area contributed by atoms with Crippen LogP contribution in [0.4, 0.5) is 0 Å². The monoisotopic (exact) mass is 664 g/mol. The number of carbonyl (C=O) groups is 6. The summed E-state index contributed by atoms with van der Waals surface area (Å²) in [5, 5.41) is 14.2. The van der Waals surface area contributed by atoms with Crippen LogP contribution in [0.5, 0.6) is 0 Å². The molecule has 2 heterocycles. The van der Waals surface area contributed by atoms with Gasteiger partial charge < -0.3 is 31.5 Å². The average Bonchev–Trinajstić information content (AvgIpc) is 3.48. The topological polar surface area (TPSA) is 166 Å². The summed E-state index contributed by atoms with van der Waals surface area (Å²) in [6, 6.07) is 12.4. The second-order valence-electron chi connectivity index (χ2n) is 12.3. The van der Waals surface area contributed by atoms with Crippen LogP contribution in [0.15, 0.2) is 60.7 Å². The number of thioether (sulfide) groups is 1. The molecule has 2 fully saturated rings. The minimum atomic E-state index is -1.01. The molecular formula is C34H44N6O6S. The van der Waals surface area contributed by atoms with E-state index in [-0.39, 0.29) is 31.2 Å². The Labute approximate surface area is 279 Å². The minimum Gasteiger partial charge on any atom is -0.347 e. The van der Waals surface area contributed by atoms with Gasteiger partial charge in [0.25, 0.3) is 5.91 Å². The average molecular weight is 665 g/mol. The molecule has 0 spiro atoms. The Morgan fingerprint density at radius 3 is 2.19 bits per heavy atom. The molecule has 13 heteroatoms. The molecule has 0 radical (unpaired) electrons. The molecule has 2 aromatic carbocycles. The number of fused-ring (bicyclic) bond motifs is 1. The van der Waals surface area contributed by atoms with Crippen LogP contribution in [0.1, 0.15) is 62.0 Å². The molecule has 12 nitrogen and oxygen atoms in total. The SMILES string of the molecule is CSCC[C@@H]1NC(=O)C[C@@H](c2ccccc2)NC(=O)[C@H](C)NC(=O)[C@@H]2C[C@H](NC(=O)c3ccccc3)CN2C(=O)[C@H](C(C)C)NC1=O. The van der Waals surface area contributed by atoms with Gasteiger partial charge in [-0.05, 0) is 55.4 Å². The van der Waals surface area contributed by atoms with E-state index >= 15 is 0 Å². The molecule has 4 rings (SSSR count).